The SMILES string of the molecule is COC(=O)c1ccc(Nc2cc(-c3cccnc3)nc(NC3CCCC3)n2)cc1OC. The van der Waals surface area contributed by atoms with E-state index in [2.05, 4.69) is 20.6 Å². The fourth-order valence-corrected chi connectivity index (χ4v) is 3.69. The normalized spacial score (nSPS) is 13.6. The number of carbonyl (C=O) groups is 1. The maximum atomic E-state index is 11.9. The summed E-state index contributed by atoms with van der Waals surface area (Å²) in [6.45, 7) is 0. The quantitative estimate of drug-likeness (QED) is 0.543. The van der Waals surface area contributed by atoms with Crippen LogP contribution in [0.15, 0.2) is 48.8 Å². The molecule has 4 rings (SSSR count). The number of methoxy groups -OCH3 is 2. The smallest absolute Gasteiger partial charge is 0.341 e. The number of ether oxygens (including phenoxy) is 2. The topological polar surface area (TPSA) is 98.3 Å². The predicted molar refractivity (Wildman–Crippen MR) is 119 cm³/mol. The number of rotatable bonds is 7. The Kier molecular flexibility index (Phi) is 6.26. The molecule has 2 heterocycles. The van der Waals surface area contributed by atoms with Crippen molar-refractivity contribution in [1.82, 2.24) is 15.0 Å². The van der Waals surface area contributed by atoms with E-state index >= 15 is 0 Å². The first-order valence-electron chi connectivity index (χ1n) is 10.3. The number of pyridine rings is 1. The molecule has 0 atom stereocenters. The summed E-state index contributed by atoms with van der Waals surface area (Å²) in [6, 6.07) is 11.3. The first kappa shape index (κ1) is 20.6. The molecule has 2 aromatic heterocycles. The third kappa shape index (κ3) is 4.91. The van der Waals surface area contributed by atoms with Crippen LogP contribution in [0, 0.1) is 0 Å². The highest BCUT2D eigenvalue weighted by atomic mass is 16.5. The maximum absolute atomic E-state index is 11.9. The Morgan fingerprint density at radius 1 is 1.10 bits per heavy atom. The lowest BCUT2D eigenvalue weighted by molar-refractivity contribution is 0.0597. The lowest BCUT2D eigenvalue weighted by Crippen LogP contribution is -2.17. The molecule has 160 valence electrons. The van der Waals surface area contributed by atoms with Gasteiger partial charge in [-0.05, 0) is 37.1 Å². The monoisotopic (exact) mass is 419 g/mol. The van der Waals surface area contributed by atoms with Gasteiger partial charge in [-0.15, -0.1) is 0 Å². The number of hydrogen-bond donors (Lipinski definition) is 2. The average Bonchev–Trinajstić information content (AvgIpc) is 3.32. The minimum Gasteiger partial charge on any atom is -0.496 e. The molecule has 8 nitrogen and oxygen atoms in total. The van der Waals surface area contributed by atoms with E-state index in [0.717, 1.165) is 29.8 Å². The molecule has 0 aliphatic heterocycles. The van der Waals surface area contributed by atoms with Gasteiger partial charge in [0.1, 0.15) is 17.1 Å². The Morgan fingerprint density at radius 3 is 2.65 bits per heavy atom. The van der Waals surface area contributed by atoms with Crippen LogP contribution in [0.2, 0.25) is 0 Å². The first-order chi connectivity index (χ1) is 15.2. The standard InChI is InChI=1S/C23H25N5O3/c1-30-20-12-17(9-10-18(20)22(29)31-2)25-21-13-19(15-6-5-11-24-14-15)27-23(28-21)26-16-7-3-4-8-16/h5-6,9-14,16H,3-4,7-8H2,1-2H3,(H2,25,26,27,28). The third-order valence-corrected chi connectivity index (χ3v) is 5.25. The zero-order valence-electron chi connectivity index (χ0n) is 17.6. The van der Waals surface area contributed by atoms with E-state index < -0.39 is 5.97 Å². The zero-order valence-corrected chi connectivity index (χ0v) is 17.6. The summed E-state index contributed by atoms with van der Waals surface area (Å²) in [5.74, 6) is 1.17. The number of benzene rings is 1. The minimum atomic E-state index is -0.452. The number of nitrogens with one attached hydrogen (secondary N) is 2. The van der Waals surface area contributed by atoms with Crippen molar-refractivity contribution in [3.8, 4) is 17.0 Å². The number of carbonyl (C=O) groups excluding carboxylic acids is 1. The van der Waals surface area contributed by atoms with Gasteiger partial charge in [0.05, 0.1) is 19.9 Å². The van der Waals surface area contributed by atoms with Crippen molar-refractivity contribution in [1.29, 1.82) is 0 Å². The molecule has 0 radical (unpaired) electrons. The van der Waals surface area contributed by atoms with Crippen molar-refractivity contribution in [3.05, 3.63) is 54.4 Å². The number of esters is 1. The third-order valence-electron chi connectivity index (χ3n) is 5.25. The molecule has 0 bridgehead atoms. The Hall–Kier alpha value is -3.68. The van der Waals surface area contributed by atoms with Crippen LogP contribution >= 0.6 is 0 Å². The van der Waals surface area contributed by atoms with E-state index in [1.807, 2.05) is 18.2 Å². The molecule has 0 unspecified atom stereocenters. The highest BCUT2D eigenvalue weighted by molar-refractivity contribution is 5.93. The molecule has 2 N–H and O–H groups in total. The molecular formula is C23H25N5O3. The Bertz CT molecular complexity index is 1050. The van der Waals surface area contributed by atoms with E-state index in [1.165, 1.54) is 27.1 Å². The van der Waals surface area contributed by atoms with Gasteiger partial charge in [0.15, 0.2) is 0 Å². The van der Waals surface area contributed by atoms with Gasteiger partial charge >= 0.3 is 5.97 Å². The van der Waals surface area contributed by atoms with E-state index in [1.54, 1.807) is 30.6 Å². The fourth-order valence-electron chi connectivity index (χ4n) is 3.69. The molecule has 1 aliphatic carbocycles. The van der Waals surface area contributed by atoms with Gasteiger partial charge in [0.25, 0.3) is 0 Å². The molecule has 0 spiro atoms. The summed E-state index contributed by atoms with van der Waals surface area (Å²) in [4.78, 5) is 25.5. The van der Waals surface area contributed by atoms with Gasteiger partial charge < -0.3 is 20.1 Å². The second kappa shape index (κ2) is 9.42. The fraction of sp³-hybridized carbons (Fsp3) is 0.304. The van der Waals surface area contributed by atoms with Crippen LogP contribution in [0.3, 0.4) is 0 Å². The average molecular weight is 419 g/mol. The highest BCUT2D eigenvalue weighted by Gasteiger charge is 2.17. The van der Waals surface area contributed by atoms with Crippen molar-refractivity contribution in [2.24, 2.45) is 0 Å². The van der Waals surface area contributed by atoms with Gasteiger partial charge in [-0.2, -0.15) is 4.98 Å². The van der Waals surface area contributed by atoms with Gasteiger partial charge in [0, 0.05) is 41.8 Å². The summed E-state index contributed by atoms with van der Waals surface area (Å²) in [7, 11) is 2.86. The number of aromatic nitrogens is 3. The van der Waals surface area contributed by atoms with Gasteiger partial charge in [-0.3, -0.25) is 4.98 Å². The summed E-state index contributed by atoms with van der Waals surface area (Å²) < 4.78 is 10.2. The summed E-state index contributed by atoms with van der Waals surface area (Å²) >= 11 is 0. The largest absolute Gasteiger partial charge is 0.496 e. The minimum absolute atomic E-state index is 0.359. The van der Waals surface area contributed by atoms with E-state index in [4.69, 9.17) is 14.5 Å². The number of anilines is 3. The summed E-state index contributed by atoms with van der Waals surface area (Å²) in [5.41, 5.74) is 2.76. The zero-order chi connectivity index (χ0) is 21.6. The van der Waals surface area contributed by atoms with Crippen molar-refractivity contribution >= 4 is 23.4 Å². The Labute approximate surface area is 181 Å². The lowest BCUT2D eigenvalue weighted by atomic mass is 10.1. The van der Waals surface area contributed by atoms with Crippen molar-refractivity contribution in [3.63, 3.8) is 0 Å². The van der Waals surface area contributed by atoms with E-state index in [0.29, 0.717) is 29.1 Å². The molecule has 0 amide bonds. The van der Waals surface area contributed by atoms with E-state index in [-0.39, 0.29) is 0 Å². The molecule has 3 aromatic rings. The first-order valence-corrected chi connectivity index (χ1v) is 10.3. The second-order valence-electron chi connectivity index (χ2n) is 7.36. The molecular weight excluding hydrogens is 394 g/mol. The Morgan fingerprint density at radius 2 is 1.94 bits per heavy atom. The van der Waals surface area contributed by atoms with Crippen LogP contribution in [0.25, 0.3) is 11.3 Å². The van der Waals surface area contributed by atoms with E-state index in [9.17, 15) is 4.79 Å². The predicted octanol–water partition coefficient (Wildman–Crippen LogP) is 4.43. The molecule has 8 heteroatoms. The highest BCUT2D eigenvalue weighted by Crippen LogP contribution is 2.28. The molecule has 0 saturated heterocycles. The molecule has 1 fully saturated rings. The maximum Gasteiger partial charge on any atom is 0.341 e. The second-order valence-corrected chi connectivity index (χ2v) is 7.36. The molecule has 1 aliphatic rings. The van der Waals surface area contributed by atoms with Crippen LogP contribution in [-0.2, 0) is 4.74 Å². The van der Waals surface area contributed by atoms with Gasteiger partial charge in [-0.1, -0.05) is 12.8 Å². The molecule has 31 heavy (non-hydrogen) atoms. The van der Waals surface area contributed by atoms with Crippen LogP contribution in [0.4, 0.5) is 17.5 Å². The van der Waals surface area contributed by atoms with Crippen LogP contribution in [-0.4, -0.2) is 41.2 Å². The van der Waals surface area contributed by atoms with Gasteiger partial charge in [-0.25, -0.2) is 9.78 Å². The van der Waals surface area contributed by atoms with Crippen LogP contribution in [0.5, 0.6) is 5.75 Å². The number of hydrogen-bond acceptors (Lipinski definition) is 8. The van der Waals surface area contributed by atoms with Crippen molar-refractivity contribution in [2.75, 3.05) is 24.9 Å². The molecule has 1 saturated carbocycles. The summed E-state index contributed by atoms with van der Waals surface area (Å²) in [6.07, 6.45) is 8.19. The molecule has 1 aromatic carbocycles. The van der Waals surface area contributed by atoms with Crippen LogP contribution < -0.4 is 15.4 Å². The van der Waals surface area contributed by atoms with Gasteiger partial charge in [0.2, 0.25) is 5.95 Å². The van der Waals surface area contributed by atoms with Crippen molar-refractivity contribution in [2.45, 2.75) is 31.7 Å². The van der Waals surface area contributed by atoms with Crippen molar-refractivity contribution < 1.29 is 14.3 Å². The number of nitrogens with zero attached hydrogens (tertiary/aromatic N) is 3. The lowest BCUT2D eigenvalue weighted by Gasteiger charge is -2.15. The summed E-state index contributed by atoms with van der Waals surface area (Å²) in [5, 5.41) is 6.76. The Balaban J connectivity index is 1.66. The van der Waals surface area contributed by atoms with Crippen LogP contribution in [0.1, 0.15) is 36.0 Å².